The van der Waals surface area contributed by atoms with Crippen LogP contribution in [0.15, 0.2) is 36.5 Å². The Morgan fingerprint density at radius 2 is 0.545 bits per heavy atom. The second kappa shape index (κ2) is 55.2. The lowest BCUT2D eigenvalue weighted by molar-refractivity contribution is -0.167. The van der Waals surface area contributed by atoms with Gasteiger partial charge in [-0.15, -0.1) is 0 Å². The molecule has 0 saturated carbocycles. The van der Waals surface area contributed by atoms with Gasteiger partial charge in [-0.3, -0.25) is 14.4 Å². The van der Waals surface area contributed by atoms with Gasteiger partial charge in [-0.05, 0) is 70.6 Å². The number of carbonyl (C=O) groups is 3. The van der Waals surface area contributed by atoms with Crippen molar-refractivity contribution in [3.8, 4) is 0 Å². The van der Waals surface area contributed by atoms with E-state index in [-0.39, 0.29) is 31.1 Å². The summed E-state index contributed by atoms with van der Waals surface area (Å²) in [5.41, 5.74) is 0. The highest BCUT2D eigenvalue weighted by Gasteiger charge is 2.19. The highest BCUT2D eigenvalue weighted by Crippen LogP contribution is 2.16. The first-order chi connectivity index (χ1) is 32.5. The van der Waals surface area contributed by atoms with Gasteiger partial charge in [0.1, 0.15) is 13.2 Å². The Morgan fingerprint density at radius 3 is 0.848 bits per heavy atom. The fourth-order valence-electron chi connectivity index (χ4n) is 8.49. The Kier molecular flexibility index (Phi) is 53.2. The van der Waals surface area contributed by atoms with Crippen molar-refractivity contribution in [3.63, 3.8) is 0 Å². The average molecular weight is 928 g/mol. The minimum Gasteiger partial charge on any atom is -0.462 e. The summed E-state index contributed by atoms with van der Waals surface area (Å²) in [6.07, 6.45) is 65.6. The van der Waals surface area contributed by atoms with E-state index < -0.39 is 6.10 Å². The number of hydrogen-bond acceptors (Lipinski definition) is 6. The van der Waals surface area contributed by atoms with E-state index >= 15 is 0 Å². The number of ether oxygens (including phenoxy) is 3. The first-order valence-corrected chi connectivity index (χ1v) is 29.0. The lowest BCUT2D eigenvalue weighted by Gasteiger charge is -2.18. The molecular formula is C60H110O6. The van der Waals surface area contributed by atoms with Crippen LogP contribution in [-0.4, -0.2) is 37.2 Å². The highest BCUT2D eigenvalue weighted by molar-refractivity contribution is 5.71. The van der Waals surface area contributed by atoms with Crippen molar-refractivity contribution >= 4 is 17.9 Å². The zero-order valence-corrected chi connectivity index (χ0v) is 44.2. The van der Waals surface area contributed by atoms with Crippen LogP contribution in [0.1, 0.15) is 310 Å². The number of unbranched alkanes of at least 4 members (excludes halogenated alkanes) is 37. The summed E-state index contributed by atoms with van der Waals surface area (Å²) in [4.78, 5) is 38.1. The van der Waals surface area contributed by atoms with E-state index in [2.05, 4.69) is 57.2 Å². The molecular weight excluding hydrogens is 817 g/mol. The summed E-state index contributed by atoms with van der Waals surface area (Å²) in [7, 11) is 0. The second-order valence-corrected chi connectivity index (χ2v) is 19.6. The van der Waals surface area contributed by atoms with Crippen molar-refractivity contribution in [1.82, 2.24) is 0 Å². The van der Waals surface area contributed by atoms with Crippen molar-refractivity contribution < 1.29 is 28.6 Å². The topological polar surface area (TPSA) is 78.9 Å². The molecule has 0 aliphatic carbocycles. The number of allylic oxidation sites excluding steroid dienone is 6. The van der Waals surface area contributed by atoms with E-state index in [9.17, 15) is 14.4 Å². The Bertz CT molecular complexity index is 1110. The molecule has 6 nitrogen and oxygen atoms in total. The summed E-state index contributed by atoms with van der Waals surface area (Å²) in [5, 5.41) is 0. The van der Waals surface area contributed by atoms with Crippen LogP contribution in [-0.2, 0) is 28.6 Å². The van der Waals surface area contributed by atoms with Crippen LogP contribution in [0.5, 0.6) is 0 Å². The van der Waals surface area contributed by atoms with Crippen molar-refractivity contribution in [3.05, 3.63) is 36.5 Å². The van der Waals surface area contributed by atoms with E-state index in [0.717, 1.165) is 77.0 Å². The van der Waals surface area contributed by atoms with Crippen LogP contribution in [0.4, 0.5) is 0 Å². The minimum absolute atomic E-state index is 0.0754. The van der Waals surface area contributed by atoms with E-state index in [0.29, 0.717) is 19.3 Å². The van der Waals surface area contributed by atoms with Crippen LogP contribution in [0.3, 0.4) is 0 Å². The van der Waals surface area contributed by atoms with Gasteiger partial charge < -0.3 is 14.2 Å². The Morgan fingerprint density at radius 1 is 0.303 bits per heavy atom. The van der Waals surface area contributed by atoms with Crippen LogP contribution in [0.25, 0.3) is 0 Å². The van der Waals surface area contributed by atoms with Gasteiger partial charge in [-0.25, -0.2) is 0 Å². The molecule has 0 aromatic rings. The number of hydrogen-bond donors (Lipinski definition) is 0. The Balaban J connectivity index is 4.37. The van der Waals surface area contributed by atoms with Crippen LogP contribution in [0, 0.1) is 0 Å². The third-order valence-corrected chi connectivity index (χ3v) is 12.9. The first-order valence-electron chi connectivity index (χ1n) is 29.0. The molecule has 0 fully saturated rings. The maximum absolute atomic E-state index is 12.8. The second-order valence-electron chi connectivity index (χ2n) is 19.6. The Hall–Kier alpha value is -2.37. The maximum atomic E-state index is 12.8. The largest absolute Gasteiger partial charge is 0.462 e. The smallest absolute Gasteiger partial charge is 0.306 e. The van der Waals surface area contributed by atoms with E-state index in [1.54, 1.807) is 0 Å². The summed E-state index contributed by atoms with van der Waals surface area (Å²) < 4.78 is 16.9. The van der Waals surface area contributed by atoms with Gasteiger partial charge in [-0.1, -0.05) is 256 Å². The molecule has 0 aromatic heterocycles. The standard InChI is InChI=1S/C60H110O6/c1-4-7-10-13-16-19-22-25-27-29-31-32-35-38-41-44-47-50-53-59(62)65-56-57(55-64-58(61)52-49-46-43-40-37-34-24-21-18-15-12-9-6-3)66-60(63)54-51-48-45-42-39-36-33-30-28-26-23-20-17-14-11-8-5-2/h26-29,31-32,57H,4-25,30,33-56H2,1-3H3/b28-26-,29-27-,32-31-. The van der Waals surface area contributed by atoms with Gasteiger partial charge >= 0.3 is 17.9 Å². The molecule has 0 saturated heterocycles. The summed E-state index contributed by atoms with van der Waals surface area (Å²) in [5.74, 6) is -0.879. The number of rotatable bonds is 53. The van der Waals surface area contributed by atoms with Crippen LogP contribution in [0.2, 0.25) is 0 Å². The van der Waals surface area contributed by atoms with Crippen molar-refractivity contribution in [2.45, 2.75) is 316 Å². The van der Waals surface area contributed by atoms with Crippen molar-refractivity contribution in [1.29, 1.82) is 0 Å². The molecule has 0 spiro atoms. The minimum atomic E-state index is -0.778. The maximum Gasteiger partial charge on any atom is 0.306 e. The SMILES string of the molecule is CCCCCCCC/C=C\CCCCCCCCCC(=O)OC(COC(=O)CCCCCCC/C=C\C=C/CCCCCCCCC)COC(=O)CCCCCCCCCCCCCCC. The predicted octanol–water partition coefficient (Wildman–Crippen LogP) is 19.3. The number of esters is 3. The molecule has 66 heavy (non-hydrogen) atoms. The van der Waals surface area contributed by atoms with E-state index in [4.69, 9.17) is 14.2 Å². The van der Waals surface area contributed by atoms with E-state index in [1.807, 2.05) is 0 Å². The summed E-state index contributed by atoms with van der Waals surface area (Å²) in [6, 6.07) is 0. The van der Waals surface area contributed by atoms with Gasteiger partial charge in [0.15, 0.2) is 6.10 Å². The molecule has 0 N–H and O–H groups in total. The van der Waals surface area contributed by atoms with Gasteiger partial charge in [0.25, 0.3) is 0 Å². The molecule has 1 unspecified atom stereocenters. The zero-order valence-electron chi connectivity index (χ0n) is 44.2. The van der Waals surface area contributed by atoms with E-state index in [1.165, 1.54) is 193 Å². The molecule has 0 radical (unpaired) electrons. The van der Waals surface area contributed by atoms with Crippen molar-refractivity contribution in [2.24, 2.45) is 0 Å². The fraction of sp³-hybridized carbons (Fsp3) is 0.850. The molecule has 0 rings (SSSR count). The zero-order chi connectivity index (χ0) is 47.9. The van der Waals surface area contributed by atoms with Gasteiger partial charge in [0, 0.05) is 19.3 Å². The lowest BCUT2D eigenvalue weighted by atomic mass is 10.0. The molecule has 0 bridgehead atoms. The normalized spacial score (nSPS) is 12.2. The quantitative estimate of drug-likeness (QED) is 0.0199. The molecule has 0 amide bonds. The molecule has 386 valence electrons. The molecule has 0 aliphatic heterocycles. The molecule has 0 heterocycles. The lowest BCUT2D eigenvalue weighted by Crippen LogP contribution is -2.30. The van der Waals surface area contributed by atoms with Gasteiger partial charge in [-0.2, -0.15) is 0 Å². The molecule has 0 aromatic carbocycles. The monoisotopic (exact) mass is 927 g/mol. The molecule has 1 atom stereocenters. The summed E-state index contributed by atoms with van der Waals surface area (Å²) >= 11 is 0. The third kappa shape index (κ3) is 52.6. The summed E-state index contributed by atoms with van der Waals surface area (Å²) in [6.45, 7) is 6.65. The van der Waals surface area contributed by atoms with Crippen LogP contribution >= 0.6 is 0 Å². The van der Waals surface area contributed by atoms with Gasteiger partial charge in [0.2, 0.25) is 0 Å². The molecule has 0 aliphatic rings. The molecule has 6 heteroatoms. The third-order valence-electron chi connectivity index (χ3n) is 12.9. The van der Waals surface area contributed by atoms with Crippen LogP contribution < -0.4 is 0 Å². The Labute approximate surface area is 410 Å². The fourth-order valence-corrected chi connectivity index (χ4v) is 8.49. The van der Waals surface area contributed by atoms with Crippen molar-refractivity contribution in [2.75, 3.05) is 13.2 Å². The number of carbonyl (C=O) groups excluding carboxylic acids is 3. The van der Waals surface area contributed by atoms with Gasteiger partial charge in [0.05, 0.1) is 0 Å². The highest BCUT2D eigenvalue weighted by atomic mass is 16.6. The predicted molar refractivity (Wildman–Crippen MR) is 284 cm³/mol. The average Bonchev–Trinajstić information content (AvgIpc) is 3.31. The first kappa shape index (κ1) is 63.6.